The van der Waals surface area contributed by atoms with Crippen molar-refractivity contribution in [3.05, 3.63) is 101 Å². The maximum Gasteiger partial charge on any atom is 0.416 e. The SMILES string of the molecule is Cc1cc(Nc2cc(C(F)(F)F)ccn2)nc(-c2ccc(C3(O)CCCc4cc(C(=O)O)ccc43)nc2)c1. The molecule has 10 heteroatoms. The summed E-state index contributed by atoms with van der Waals surface area (Å²) >= 11 is 0. The van der Waals surface area contributed by atoms with E-state index in [0.717, 1.165) is 29.5 Å². The number of aliphatic hydroxyl groups is 1. The van der Waals surface area contributed by atoms with Crippen LogP contribution in [0, 0.1) is 6.92 Å². The summed E-state index contributed by atoms with van der Waals surface area (Å²) in [5.74, 6) is -0.681. The first kappa shape index (κ1) is 25.3. The molecule has 3 N–H and O–H groups in total. The Balaban J connectivity index is 1.43. The van der Waals surface area contributed by atoms with E-state index in [1.807, 2.05) is 13.0 Å². The highest BCUT2D eigenvalue weighted by Crippen LogP contribution is 2.40. The first-order valence-corrected chi connectivity index (χ1v) is 11.9. The second kappa shape index (κ2) is 9.53. The molecule has 7 nitrogen and oxygen atoms in total. The number of aromatic carboxylic acids is 1. The molecule has 1 aromatic carbocycles. The largest absolute Gasteiger partial charge is 0.478 e. The second-order valence-electron chi connectivity index (χ2n) is 9.29. The quantitative estimate of drug-likeness (QED) is 0.302. The summed E-state index contributed by atoms with van der Waals surface area (Å²) in [6.07, 6.45) is -0.0318. The monoisotopic (exact) mass is 520 g/mol. The summed E-state index contributed by atoms with van der Waals surface area (Å²) in [5.41, 5.74) is 1.87. The lowest BCUT2D eigenvalue weighted by Crippen LogP contribution is -2.33. The van der Waals surface area contributed by atoms with Gasteiger partial charge >= 0.3 is 12.1 Å². The minimum Gasteiger partial charge on any atom is -0.478 e. The van der Waals surface area contributed by atoms with Gasteiger partial charge in [0, 0.05) is 18.0 Å². The van der Waals surface area contributed by atoms with E-state index < -0.39 is 23.3 Å². The zero-order chi connectivity index (χ0) is 27.1. The number of rotatable bonds is 5. The van der Waals surface area contributed by atoms with E-state index in [0.29, 0.717) is 47.6 Å². The number of nitrogens with one attached hydrogen (secondary N) is 1. The number of halogens is 3. The molecule has 0 saturated carbocycles. The molecule has 0 spiro atoms. The molecular formula is C28H23F3N4O3. The summed E-state index contributed by atoms with van der Waals surface area (Å²) in [5, 5.41) is 23.7. The summed E-state index contributed by atoms with van der Waals surface area (Å²) < 4.78 is 39.2. The number of nitrogens with zero attached hydrogens (tertiary/aromatic N) is 3. The van der Waals surface area contributed by atoms with Gasteiger partial charge in [-0.1, -0.05) is 6.07 Å². The van der Waals surface area contributed by atoms with Crippen molar-refractivity contribution in [2.45, 2.75) is 38.0 Å². The van der Waals surface area contributed by atoms with E-state index >= 15 is 0 Å². The molecule has 3 heterocycles. The van der Waals surface area contributed by atoms with Gasteiger partial charge in [-0.2, -0.15) is 13.2 Å². The number of carboxylic acid groups (broad SMARTS) is 1. The van der Waals surface area contributed by atoms with Crippen molar-refractivity contribution in [1.29, 1.82) is 0 Å². The average Bonchev–Trinajstić information content (AvgIpc) is 2.88. The van der Waals surface area contributed by atoms with Crippen molar-refractivity contribution in [2.75, 3.05) is 5.32 Å². The predicted molar refractivity (Wildman–Crippen MR) is 134 cm³/mol. The normalized spacial score (nSPS) is 17.1. The molecule has 0 bridgehead atoms. The van der Waals surface area contributed by atoms with Crippen molar-refractivity contribution in [1.82, 2.24) is 15.0 Å². The van der Waals surface area contributed by atoms with Gasteiger partial charge in [0.1, 0.15) is 17.2 Å². The van der Waals surface area contributed by atoms with E-state index in [-0.39, 0.29) is 11.4 Å². The predicted octanol–water partition coefficient (Wildman–Crippen LogP) is 5.88. The van der Waals surface area contributed by atoms with Crippen molar-refractivity contribution in [3.63, 3.8) is 0 Å². The molecule has 0 radical (unpaired) electrons. The first-order valence-electron chi connectivity index (χ1n) is 11.9. The summed E-state index contributed by atoms with van der Waals surface area (Å²) in [6.45, 7) is 1.84. The van der Waals surface area contributed by atoms with Gasteiger partial charge in [-0.3, -0.25) is 4.98 Å². The van der Waals surface area contributed by atoms with E-state index in [4.69, 9.17) is 0 Å². The molecular weight excluding hydrogens is 497 g/mol. The van der Waals surface area contributed by atoms with Crippen molar-refractivity contribution < 1.29 is 28.2 Å². The Morgan fingerprint density at radius 1 is 1.03 bits per heavy atom. The molecule has 194 valence electrons. The number of benzene rings is 1. The Morgan fingerprint density at radius 2 is 1.84 bits per heavy atom. The van der Waals surface area contributed by atoms with Crippen LogP contribution in [0.4, 0.5) is 24.8 Å². The van der Waals surface area contributed by atoms with Crippen LogP contribution in [0.15, 0.2) is 67.0 Å². The summed E-state index contributed by atoms with van der Waals surface area (Å²) in [7, 11) is 0. The molecule has 3 aromatic heterocycles. The van der Waals surface area contributed by atoms with E-state index in [9.17, 15) is 28.2 Å². The molecule has 0 amide bonds. The Morgan fingerprint density at radius 3 is 2.55 bits per heavy atom. The number of fused-ring (bicyclic) bond motifs is 1. The molecule has 38 heavy (non-hydrogen) atoms. The van der Waals surface area contributed by atoms with E-state index in [1.165, 1.54) is 6.07 Å². The Bertz CT molecular complexity index is 1520. The Kier molecular flexibility index (Phi) is 6.36. The number of carbonyl (C=O) groups is 1. The third kappa shape index (κ3) is 4.95. The van der Waals surface area contributed by atoms with Gasteiger partial charge in [0.2, 0.25) is 0 Å². The lowest BCUT2D eigenvalue weighted by Gasteiger charge is -2.34. The molecule has 1 atom stereocenters. The fourth-order valence-corrected chi connectivity index (χ4v) is 4.75. The Hall–Kier alpha value is -4.31. The van der Waals surface area contributed by atoms with E-state index in [1.54, 1.807) is 36.5 Å². The molecule has 1 aliphatic carbocycles. The molecule has 1 aliphatic rings. The smallest absolute Gasteiger partial charge is 0.416 e. The minimum absolute atomic E-state index is 0.0154. The van der Waals surface area contributed by atoms with Crippen molar-refractivity contribution in [2.24, 2.45) is 0 Å². The van der Waals surface area contributed by atoms with E-state index in [2.05, 4.69) is 20.3 Å². The zero-order valence-corrected chi connectivity index (χ0v) is 20.3. The maximum atomic E-state index is 13.1. The number of anilines is 2. The van der Waals surface area contributed by atoms with Crippen LogP contribution in [0.25, 0.3) is 11.3 Å². The van der Waals surface area contributed by atoms with Gasteiger partial charge in [0.15, 0.2) is 0 Å². The van der Waals surface area contributed by atoms with Crippen LogP contribution in [0.2, 0.25) is 0 Å². The molecule has 0 saturated heterocycles. The van der Waals surface area contributed by atoms with Crippen LogP contribution in [0.5, 0.6) is 0 Å². The van der Waals surface area contributed by atoms with Gasteiger partial charge in [-0.05, 0) is 91.4 Å². The second-order valence-corrected chi connectivity index (χ2v) is 9.29. The third-order valence-corrected chi connectivity index (χ3v) is 6.58. The van der Waals surface area contributed by atoms with Gasteiger partial charge in [-0.25, -0.2) is 14.8 Å². The van der Waals surface area contributed by atoms with Gasteiger partial charge < -0.3 is 15.5 Å². The topological polar surface area (TPSA) is 108 Å². The average molecular weight is 521 g/mol. The lowest BCUT2D eigenvalue weighted by molar-refractivity contribution is -0.137. The fraction of sp³-hybridized carbons (Fsp3) is 0.214. The molecule has 0 fully saturated rings. The lowest BCUT2D eigenvalue weighted by atomic mass is 9.76. The number of aromatic nitrogens is 3. The highest BCUT2D eigenvalue weighted by atomic mass is 19.4. The third-order valence-electron chi connectivity index (χ3n) is 6.58. The number of hydrogen-bond donors (Lipinski definition) is 3. The highest BCUT2D eigenvalue weighted by molar-refractivity contribution is 5.88. The van der Waals surface area contributed by atoms with Crippen LogP contribution in [-0.4, -0.2) is 31.1 Å². The maximum absolute atomic E-state index is 13.1. The molecule has 4 aromatic rings. The van der Waals surface area contributed by atoms with Crippen LogP contribution < -0.4 is 5.32 Å². The van der Waals surface area contributed by atoms with Crippen molar-refractivity contribution >= 4 is 17.6 Å². The molecule has 5 rings (SSSR count). The van der Waals surface area contributed by atoms with Gasteiger partial charge in [0.25, 0.3) is 0 Å². The number of pyridine rings is 3. The summed E-state index contributed by atoms with van der Waals surface area (Å²) in [6, 6.07) is 13.5. The van der Waals surface area contributed by atoms with Gasteiger partial charge in [-0.15, -0.1) is 0 Å². The minimum atomic E-state index is -4.49. The zero-order valence-electron chi connectivity index (χ0n) is 20.3. The molecule has 1 unspecified atom stereocenters. The number of aryl methyl sites for hydroxylation is 2. The highest BCUT2D eigenvalue weighted by Gasteiger charge is 2.37. The Labute approximate surface area is 216 Å². The number of hydrogen-bond acceptors (Lipinski definition) is 6. The van der Waals surface area contributed by atoms with Crippen molar-refractivity contribution in [3.8, 4) is 11.3 Å². The van der Waals surface area contributed by atoms with Crippen LogP contribution >= 0.6 is 0 Å². The first-order chi connectivity index (χ1) is 18.0. The van der Waals surface area contributed by atoms with Crippen LogP contribution in [-0.2, 0) is 18.2 Å². The van der Waals surface area contributed by atoms with Crippen LogP contribution in [0.3, 0.4) is 0 Å². The number of carboxylic acids is 1. The van der Waals surface area contributed by atoms with Gasteiger partial charge in [0.05, 0.1) is 22.5 Å². The fourth-order valence-electron chi connectivity index (χ4n) is 4.75. The van der Waals surface area contributed by atoms with Crippen LogP contribution in [0.1, 0.15) is 51.1 Å². The summed E-state index contributed by atoms with van der Waals surface area (Å²) in [4.78, 5) is 24.4. The molecule has 0 aliphatic heterocycles. The number of alkyl halides is 3. The standard InChI is InChI=1S/C28H23F3N4O3/c1-16-11-22(34-25(12-16)35-24-14-20(8-10-32-24)28(29,30)31)19-5-7-23(33-15-19)27(38)9-2-3-17-13-18(26(36)37)4-6-21(17)27/h4-8,10-15,38H,2-3,9H2,1H3,(H,36,37)(H,32,34,35).